The van der Waals surface area contributed by atoms with Crippen molar-refractivity contribution in [3.05, 3.63) is 36.2 Å². The predicted molar refractivity (Wildman–Crippen MR) is 78.0 cm³/mol. The van der Waals surface area contributed by atoms with Gasteiger partial charge in [0.15, 0.2) is 6.61 Å². The highest BCUT2D eigenvalue weighted by Crippen LogP contribution is 2.36. The number of nitrogens with two attached hydrogens (primary N) is 1. The van der Waals surface area contributed by atoms with Gasteiger partial charge in [0.2, 0.25) is 0 Å². The fourth-order valence-corrected chi connectivity index (χ4v) is 1.95. The lowest BCUT2D eigenvalue weighted by atomic mass is 10.1. The maximum atomic E-state index is 13.0. The molecule has 0 saturated carbocycles. The highest BCUT2D eigenvalue weighted by Gasteiger charge is 2.58. The molecule has 4 nitrogen and oxygen atoms in total. The highest BCUT2D eigenvalue weighted by molar-refractivity contribution is 5.64. The van der Waals surface area contributed by atoms with Crippen LogP contribution in [0.4, 0.5) is 22.0 Å². The second-order valence-electron chi connectivity index (χ2n) is 5.25. The Morgan fingerprint density at radius 1 is 1.17 bits per heavy atom. The first kappa shape index (κ1) is 18.2. The Kier molecular flexibility index (Phi) is 5.12. The van der Waals surface area contributed by atoms with E-state index in [-0.39, 0.29) is 5.75 Å². The van der Waals surface area contributed by atoms with E-state index in [0.29, 0.717) is 29.8 Å². The minimum atomic E-state index is -5.65. The number of nitrogens with zero attached hydrogens (tertiary/aromatic N) is 2. The molecule has 2 rings (SSSR count). The van der Waals surface area contributed by atoms with Crippen molar-refractivity contribution in [3.8, 4) is 16.9 Å². The van der Waals surface area contributed by atoms with Crippen molar-refractivity contribution in [1.29, 1.82) is 0 Å². The van der Waals surface area contributed by atoms with Crippen LogP contribution in [0.25, 0.3) is 11.1 Å². The number of alkyl halides is 5. The molecule has 0 aliphatic heterocycles. The van der Waals surface area contributed by atoms with Gasteiger partial charge in [-0.3, -0.25) is 4.68 Å². The van der Waals surface area contributed by atoms with E-state index in [1.165, 1.54) is 6.07 Å². The summed E-state index contributed by atoms with van der Waals surface area (Å²) in [6, 6.07) is 4.69. The molecule has 9 heteroatoms. The number of rotatable bonds is 6. The molecule has 0 aliphatic carbocycles. The Hall–Kier alpha value is -2.16. The van der Waals surface area contributed by atoms with Crippen molar-refractivity contribution in [2.75, 3.05) is 13.2 Å². The van der Waals surface area contributed by atoms with Crippen molar-refractivity contribution in [1.82, 2.24) is 9.78 Å². The molecule has 0 unspecified atom stereocenters. The van der Waals surface area contributed by atoms with E-state index in [2.05, 4.69) is 5.10 Å². The topological polar surface area (TPSA) is 53.1 Å². The van der Waals surface area contributed by atoms with Gasteiger partial charge in [-0.15, -0.1) is 0 Å². The largest absolute Gasteiger partial charge is 0.487 e. The van der Waals surface area contributed by atoms with Crippen molar-refractivity contribution in [2.45, 2.75) is 25.6 Å². The van der Waals surface area contributed by atoms with Gasteiger partial charge in [-0.05, 0) is 24.1 Å². The zero-order chi connectivity index (χ0) is 18.0. The van der Waals surface area contributed by atoms with E-state index in [1.807, 2.05) is 0 Å². The summed E-state index contributed by atoms with van der Waals surface area (Å²) in [5.41, 5.74) is 7.14. The monoisotopic (exact) mass is 349 g/mol. The Morgan fingerprint density at radius 2 is 1.88 bits per heavy atom. The lowest BCUT2D eigenvalue weighted by molar-refractivity contribution is -0.290. The molecule has 1 aromatic carbocycles. The standard InChI is InChI=1S/C15H16F5N3O/c1-10-2-3-11(12-7-22-23(8-12)5-4-21)6-13(10)24-9-14(16,17)15(18,19)20/h2-3,6-8H,4-5,9,21H2,1H3. The Bertz CT molecular complexity index is 697. The third-order valence-electron chi connectivity index (χ3n) is 3.34. The number of hydrogen-bond donors (Lipinski definition) is 1. The second-order valence-corrected chi connectivity index (χ2v) is 5.25. The molecular weight excluding hydrogens is 333 g/mol. The second kappa shape index (κ2) is 6.76. The van der Waals surface area contributed by atoms with Crippen LogP contribution >= 0.6 is 0 Å². The Balaban J connectivity index is 2.19. The van der Waals surface area contributed by atoms with Crippen molar-refractivity contribution >= 4 is 0 Å². The zero-order valence-electron chi connectivity index (χ0n) is 12.8. The molecule has 0 atom stereocenters. The minimum absolute atomic E-state index is 0.0389. The van der Waals surface area contributed by atoms with Gasteiger partial charge < -0.3 is 10.5 Å². The smallest absolute Gasteiger partial charge is 0.456 e. The first-order valence-electron chi connectivity index (χ1n) is 7.05. The summed E-state index contributed by atoms with van der Waals surface area (Å²) in [6.45, 7) is 0.693. The third kappa shape index (κ3) is 4.02. The Labute approximate surface area is 135 Å². The van der Waals surface area contributed by atoms with Gasteiger partial charge >= 0.3 is 12.1 Å². The number of aryl methyl sites for hydroxylation is 1. The van der Waals surface area contributed by atoms with E-state index < -0.39 is 18.7 Å². The molecule has 0 fully saturated rings. The van der Waals surface area contributed by atoms with Crippen LogP contribution in [0.5, 0.6) is 5.75 Å². The molecular formula is C15H16F5N3O. The van der Waals surface area contributed by atoms with Crippen LogP contribution in [0.1, 0.15) is 5.56 Å². The van der Waals surface area contributed by atoms with Gasteiger partial charge in [-0.25, -0.2) is 0 Å². The summed E-state index contributed by atoms with van der Waals surface area (Å²) in [5.74, 6) is -4.95. The van der Waals surface area contributed by atoms with Gasteiger partial charge in [0, 0.05) is 18.3 Å². The predicted octanol–water partition coefficient (Wildman–Crippen LogP) is 3.39. The van der Waals surface area contributed by atoms with Crippen LogP contribution in [-0.4, -0.2) is 35.0 Å². The first-order valence-corrected chi connectivity index (χ1v) is 7.05. The maximum Gasteiger partial charge on any atom is 0.456 e. The molecule has 1 aromatic heterocycles. The van der Waals surface area contributed by atoms with Gasteiger partial charge in [-0.2, -0.15) is 27.1 Å². The lowest BCUT2D eigenvalue weighted by Crippen LogP contribution is -2.41. The normalized spacial score (nSPS) is 12.5. The summed E-state index contributed by atoms with van der Waals surface area (Å²) in [5, 5.41) is 4.08. The van der Waals surface area contributed by atoms with E-state index in [9.17, 15) is 22.0 Å². The van der Waals surface area contributed by atoms with E-state index in [4.69, 9.17) is 10.5 Å². The summed E-state index contributed by atoms with van der Waals surface area (Å²) in [7, 11) is 0. The minimum Gasteiger partial charge on any atom is -0.487 e. The third-order valence-corrected chi connectivity index (χ3v) is 3.34. The first-order chi connectivity index (χ1) is 11.1. The number of halogens is 5. The summed E-state index contributed by atoms with van der Waals surface area (Å²) < 4.78 is 68.9. The summed E-state index contributed by atoms with van der Waals surface area (Å²) in [6.07, 6.45) is -2.40. The Morgan fingerprint density at radius 3 is 2.50 bits per heavy atom. The quantitative estimate of drug-likeness (QED) is 0.814. The number of aromatic nitrogens is 2. The SMILES string of the molecule is Cc1ccc(-c2cnn(CCN)c2)cc1OCC(F)(F)C(F)(F)F. The molecule has 0 amide bonds. The number of hydrogen-bond acceptors (Lipinski definition) is 3. The van der Waals surface area contributed by atoms with Crippen molar-refractivity contribution in [2.24, 2.45) is 5.73 Å². The van der Waals surface area contributed by atoms with Gasteiger partial charge in [0.25, 0.3) is 0 Å². The average molecular weight is 349 g/mol. The molecule has 0 saturated heterocycles. The molecule has 2 aromatic rings. The molecule has 0 bridgehead atoms. The van der Waals surface area contributed by atoms with E-state index >= 15 is 0 Å². The molecule has 0 radical (unpaired) electrons. The van der Waals surface area contributed by atoms with Crippen LogP contribution in [0.15, 0.2) is 30.6 Å². The highest BCUT2D eigenvalue weighted by atomic mass is 19.4. The van der Waals surface area contributed by atoms with Gasteiger partial charge in [-0.1, -0.05) is 12.1 Å². The van der Waals surface area contributed by atoms with Crippen LogP contribution in [-0.2, 0) is 6.54 Å². The fourth-order valence-electron chi connectivity index (χ4n) is 1.95. The average Bonchev–Trinajstić information content (AvgIpc) is 2.94. The lowest BCUT2D eigenvalue weighted by Gasteiger charge is -2.20. The van der Waals surface area contributed by atoms with Crippen LogP contribution in [0, 0.1) is 6.92 Å². The summed E-state index contributed by atoms with van der Waals surface area (Å²) >= 11 is 0. The van der Waals surface area contributed by atoms with E-state index in [0.717, 1.165) is 0 Å². The van der Waals surface area contributed by atoms with Gasteiger partial charge in [0.05, 0.1) is 12.7 Å². The molecule has 132 valence electrons. The molecule has 0 spiro atoms. The van der Waals surface area contributed by atoms with Crippen molar-refractivity contribution in [3.63, 3.8) is 0 Å². The van der Waals surface area contributed by atoms with Crippen LogP contribution in [0.3, 0.4) is 0 Å². The molecule has 1 heterocycles. The number of ether oxygens (including phenoxy) is 1. The molecule has 24 heavy (non-hydrogen) atoms. The maximum absolute atomic E-state index is 13.0. The van der Waals surface area contributed by atoms with E-state index in [1.54, 1.807) is 36.1 Å². The zero-order valence-corrected chi connectivity index (χ0v) is 12.8. The summed E-state index contributed by atoms with van der Waals surface area (Å²) in [4.78, 5) is 0. The molecule has 2 N–H and O–H groups in total. The van der Waals surface area contributed by atoms with Crippen molar-refractivity contribution < 1.29 is 26.7 Å². The fraction of sp³-hybridized carbons (Fsp3) is 0.400. The molecule has 0 aliphatic rings. The van der Waals surface area contributed by atoms with Crippen LogP contribution < -0.4 is 10.5 Å². The van der Waals surface area contributed by atoms with Gasteiger partial charge in [0.1, 0.15) is 5.75 Å². The number of benzene rings is 1. The van der Waals surface area contributed by atoms with Crippen LogP contribution in [0.2, 0.25) is 0 Å².